The Morgan fingerprint density at radius 1 is 1.32 bits per heavy atom. The van der Waals surface area contributed by atoms with E-state index in [2.05, 4.69) is 35.9 Å². The van der Waals surface area contributed by atoms with Gasteiger partial charge in [0.2, 0.25) is 11.7 Å². The van der Waals surface area contributed by atoms with Gasteiger partial charge in [0.25, 0.3) is 5.56 Å². The van der Waals surface area contributed by atoms with Crippen molar-refractivity contribution in [3.63, 3.8) is 0 Å². The van der Waals surface area contributed by atoms with Gasteiger partial charge >= 0.3 is 0 Å². The van der Waals surface area contributed by atoms with Crippen LogP contribution in [0.2, 0.25) is 0 Å². The number of benzene rings is 1. The Balaban J connectivity index is 1.65. The molecule has 164 valence electrons. The van der Waals surface area contributed by atoms with Crippen LogP contribution >= 0.6 is 11.8 Å². The maximum Gasteiger partial charge on any atom is 0.263 e. The number of fused-ring (bicyclic) bond motifs is 3. The number of allylic oxidation sites excluding steroid dienone is 1. The molecule has 4 unspecified atom stereocenters. The molecule has 2 aromatic heterocycles. The van der Waals surface area contributed by atoms with Crippen LogP contribution in [0.25, 0.3) is 16.7 Å². The number of thioether (sulfide) groups is 1. The molecule has 1 amide bonds. The summed E-state index contributed by atoms with van der Waals surface area (Å²) < 4.78 is 3.42. The molecular formula is C23H29N5O2S. The van der Waals surface area contributed by atoms with Crippen molar-refractivity contribution >= 4 is 34.3 Å². The minimum atomic E-state index is -0.338. The van der Waals surface area contributed by atoms with Gasteiger partial charge in [-0.2, -0.15) is 0 Å². The lowest BCUT2D eigenvalue weighted by Gasteiger charge is -2.35. The standard InChI is InChI=1S/C23H29N5O2S/c1-5-13-27-21(30)17-10-6-7-12-19(17)28-22(27)25-26-23(28)31-16(4)20(29)24-18-11-8-9-14(2)15(18)3/h5-7,10,12,14-16,18H,1,8-9,11,13H2,2-4H3,(H,24,29). The number of para-hydroxylation sites is 1. The van der Waals surface area contributed by atoms with Crippen molar-refractivity contribution in [1.29, 1.82) is 0 Å². The smallest absolute Gasteiger partial charge is 0.263 e. The third-order valence-corrected chi connectivity index (χ3v) is 7.52. The van der Waals surface area contributed by atoms with E-state index in [0.29, 0.717) is 34.7 Å². The summed E-state index contributed by atoms with van der Waals surface area (Å²) in [4.78, 5) is 25.9. The van der Waals surface area contributed by atoms with Crippen molar-refractivity contribution in [3.8, 4) is 0 Å². The van der Waals surface area contributed by atoms with E-state index in [1.54, 1.807) is 16.7 Å². The molecule has 31 heavy (non-hydrogen) atoms. The molecule has 0 aliphatic heterocycles. The lowest BCUT2D eigenvalue weighted by molar-refractivity contribution is -0.121. The number of carbonyl (C=O) groups is 1. The number of carbonyl (C=O) groups excluding carboxylic acids is 1. The van der Waals surface area contributed by atoms with Gasteiger partial charge < -0.3 is 5.32 Å². The molecule has 4 rings (SSSR count). The van der Waals surface area contributed by atoms with E-state index in [0.717, 1.165) is 18.4 Å². The molecule has 1 saturated carbocycles. The first kappa shape index (κ1) is 21.6. The summed E-state index contributed by atoms with van der Waals surface area (Å²) >= 11 is 1.36. The highest BCUT2D eigenvalue weighted by Gasteiger charge is 2.30. The summed E-state index contributed by atoms with van der Waals surface area (Å²) in [5.41, 5.74) is 0.607. The minimum absolute atomic E-state index is 0.0106. The molecule has 0 bridgehead atoms. The molecule has 1 fully saturated rings. The molecule has 4 atom stereocenters. The maximum atomic E-state index is 13.0. The number of hydrogen-bond donors (Lipinski definition) is 1. The van der Waals surface area contributed by atoms with Gasteiger partial charge in [0, 0.05) is 12.6 Å². The number of nitrogens with zero attached hydrogens (tertiary/aromatic N) is 4. The molecular weight excluding hydrogens is 410 g/mol. The summed E-state index contributed by atoms with van der Waals surface area (Å²) in [6.07, 6.45) is 5.07. The summed E-state index contributed by atoms with van der Waals surface area (Å²) in [5.74, 6) is 1.56. The Morgan fingerprint density at radius 3 is 2.87 bits per heavy atom. The van der Waals surface area contributed by atoms with Crippen molar-refractivity contribution in [1.82, 2.24) is 24.5 Å². The number of rotatable bonds is 6. The fourth-order valence-electron chi connectivity index (χ4n) is 4.40. The Morgan fingerprint density at radius 2 is 2.10 bits per heavy atom. The van der Waals surface area contributed by atoms with Crippen LogP contribution in [0.1, 0.15) is 40.0 Å². The fraction of sp³-hybridized carbons (Fsp3) is 0.478. The van der Waals surface area contributed by atoms with Crippen LogP contribution in [0.3, 0.4) is 0 Å². The average molecular weight is 440 g/mol. The molecule has 1 aliphatic rings. The lowest BCUT2D eigenvalue weighted by atomic mass is 9.78. The van der Waals surface area contributed by atoms with E-state index in [1.165, 1.54) is 18.2 Å². The lowest BCUT2D eigenvalue weighted by Crippen LogP contribution is -2.46. The third kappa shape index (κ3) is 4.01. The topological polar surface area (TPSA) is 81.3 Å². The van der Waals surface area contributed by atoms with E-state index < -0.39 is 0 Å². The monoisotopic (exact) mass is 439 g/mol. The molecule has 0 saturated heterocycles. The van der Waals surface area contributed by atoms with Gasteiger partial charge in [-0.3, -0.25) is 18.6 Å². The highest BCUT2D eigenvalue weighted by Crippen LogP contribution is 2.30. The van der Waals surface area contributed by atoms with Gasteiger partial charge in [-0.05, 0) is 37.3 Å². The molecule has 1 N–H and O–H groups in total. The second-order valence-corrected chi connectivity index (χ2v) is 9.79. The number of nitrogens with one attached hydrogen (secondary N) is 1. The van der Waals surface area contributed by atoms with Crippen LogP contribution in [-0.4, -0.2) is 36.4 Å². The Hall–Kier alpha value is -2.61. The predicted octanol–water partition coefficient (Wildman–Crippen LogP) is 3.65. The quantitative estimate of drug-likeness (QED) is 0.468. The van der Waals surface area contributed by atoms with E-state index in [4.69, 9.17) is 0 Å². The largest absolute Gasteiger partial charge is 0.352 e. The van der Waals surface area contributed by atoms with Gasteiger partial charge in [0.05, 0.1) is 16.2 Å². The van der Waals surface area contributed by atoms with Crippen molar-refractivity contribution in [2.24, 2.45) is 11.8 Å². The number of aromatic nitrogens is 4. The number of hydrogen-bond acceptors (Lipinski definition) is 5. The maximum absolute atomic E-state index is 13.0. The van der Waals surface area contributed by atoms with Crippen molar-refractivity contribution < 1.29 is 4.79 Å². The first-order chi connectivity index (χ1) is 14.9. The van der Waals surface area contributed by atoms with Crippen LogP contribution in [0, 0.1) is 11.8 Å². The van der Waals surface area contributed by atoms with Crippen molar-refractivity contribution in [2.45, 2.75) is 63.0 Å². The van der Waals surface area contributed by atoms with Crippen molar-refractivity contribution in [2.75, 3.05) is 0 Å². The Labute approximate surface area is 185 Å². The summed E-state index contributed by atoms with van der Waals surface area (Å²) in [5, 5.41) is 12.7. The first-order valence-electron chi connectivity index (χ1n) is 10.9. The summed E-state index contributed by atoms with van der Waals surface area (Å²) in [7, 11) is 0. The van der Waals surface area contributed by atoms with Crippen LogP contribution in [0.4, 0.5) is 0 Å². The van der Waals surface area contributed by atoms with Crippen LogP contribution in [0.15, 0.2) is 46.9 Å². The molecule has 2 heterocycles. The highest BCUT2D eigenvalue weighted by molar-refractivity contribution is 8.00. The van der Waals surface area contributed by atoms with Gasteiger partial charge in [-0.25, -0.2) is 0 Å². The normalized spacial score (nSPS) is 22.5. The second-order valence-electron chi connectivity index (χ2n) is 8.48. The minimum Gasteiger partial charge on any atom is -0.352 e. The Kier molecular flexibility index (Phi) is 6.18. The fourth-order valence-corrected chi connectivity index (χ4v) is 5.27. The number of amides is 1. The molecule has 1 aromatic carbocycles. The van der Waals surface area contributed by atoms with E-state index >= 15 is 0 Å². The van der Waals surface area contributed by atoms with E-state index in [-0.39, 0.29) is 22.8 Å². The zero-order chi connectivity index (χ0) is 22.1. The van der Waals surface area contributed by atoms with E-state index in [1.807, 2.05) is 29.5 Å². The molecule has 0 spiro atoms. The Bertz CT molecular complexity index is 1180. The third-order valence-electron chi connectivity index (χ3n) is 6.48. The van der Waals surface area contributed by atoms with Crippen LogP contribution < -0.4 is 10.9 Å². The SMILES string of the molecule is C=CCn1c(=O)c2ccccc2n2c(SC(C)C(=O)NC3CCCC(C)C3C)nnc12. The van der Waals surface area contributed by atoms with E-state index in [9.17, 15) is 9.59 Å². The van der Waals surface area contributed by atoms with Gasteiger partial charge in [-0.1, -0.05) is 56.7 Å². The second kappa shape index (κ2) is 8.86. The molecule has 7 nitrogen and oxygen atoms in total. The molecule has 3 aromatic rings. The zero-order valence-corrected chi connectivity index (χ0v) is 19.1. The zero-order valence-electron chi connectivity index (χ0n) is 18.2. The average Bonchev–Trinajstić information content (AvgIpc) is 3.17. The first-order valence-corrected chi connectivity index (χ1v) is 11.7. The molecule has 8 heteroatoms. The van der Waals surface area contributed by atoms with Gasteiger partial charge in [0.1, 0.15) is 0 Å². The van der Waals surface area contributed by atoms with Gasteiger partial charge in [-0.15, -0.1) is 16.8 Å². The van der Waals surface area contributed by atoms with Crippen LogP contribution in [0.5, 0.6) is 0 Å². The van der Waals surface area contributed by atoms with Crippen LogP contribution in [-0.2, 0) is 11.3 Å². The van der Waals surface area contributed by atoms with Gasteiger partial charge in [0.15, 0.2) is 5.16 Å². The highest BCUT2D eigenvalue weighted by atomic mass is 32.2. The molecule has 1 aliphatic carbocycles. The summed E-state index contributed by atoms with van der Waals surface area (Å²) in [6, 6.07) is 7.62. The molecule has 0 radical (unpaired) electrons. The predicted molar refractivity (Wildman–Crippen MR) is 124 cm³/mol. The van der Waals surface area contributed by atoms with Crippen molar-refractivity contribution in [3.05, 3.63) is 47.3 Å². The summed E-state index contributed by atoms with van der Waals surface area (Å²) in [6.45, 7) is 10.5.